The molecule has 1 aromatic rings. The van der Waals surface area contributed by atoms with Gasteiger partial charge in [-0.3, -0.25) is 0 Å². The van der Waals surface area contributed by atoms with Crippen molar-refractivity contribution >= 4 is 0 Å². The van der Waals surface area contributed by atoms with E-state index in [4.69, 9.17) is 9.47 Å². The second-order valence-electron chi connectivity index (χ2n) is 4.20. The molecule has 1 saturated heterocycles. The van der Waals surface area contributed by atoms with Crippen LogP contribution in [-0.2, 0) is 0 Å². The van der Waals surface area contributed by atoms with E-state index >= 15 is 0 Å². The lowest BCUT2D eigenvalue weighted by Crippen LogP contribution is -2.34. The molecular formula is C13H19NO2. The Labute approximate surface area is 96.8 Å². The monoisotopic (exact) mass is 221 g/mol. The van der Waals surface area contributed by atoms with Crippen LogP contribution in [0.4, 0.5) is 0 Å². The fourth-order valence-corrected chi connectivity index (χ4v) is 1.98. The van der Waals surface area contributed by atoms with Crippen LogP contribution in [0.25, 0.3) is 0 Å². The lowest BCUT2D eigenvalue weighted by Gasteiger charge is -2.24. The number of aryl methyl sites for hydroxylation is 1. The molecule has 0 spiro atoms. The van der Waals surface area contributed by atoms with Crippen LogP contribution in [0.5, 0.6) is 11.5 Å². The Bertz CT molecular complexity index is 346. The Morgan fingerprint density at radius 3 is 2.69 bits per heavy atom. The van der Waals surface area contributed by atoms with Crippen molar-refractivity contribution in [1.82, 2.24) is 5.32 Å². The minimum absolute atomic E-state index is 0.341. The van der Waals surface area contributed by atoms with E-state index in [1.54, 1.807) is 7.11 Å². The van der Waals surface area contributed by atoms with Gasteiger partial charge in [0, 0.05) is 6.07 Å². The molecule has 1 aromatic carbocycles. The molecule has 3 nitrogen and oxygen atoms in total. The Morgan fingerprint density at radius 2 is 2.00 bits per heavy atom. The summed E-state index contributed by atoms with van der Waals surface area (Å²) in [5.41, 5.74) is 1.14. The third kappa shape index (κ3) is 2.67. The predicted molar refractivity (Wildman–Crippen MR) is 64.3 cm³/mol. The van der Waals surface area contributed by atoms with Crippen molar-refractivity contribution in [2.45, 2.75) is 25.9 Å². The first-order valence-corrected chi connectivity index (χ1v) is 5.81. The minimum atomic E-state index is 0.341. The number of methoxy groups -OCH3 is 1. The first-order valence-electron chi connectivity index (χ1n) is 5.81. The van der Waals surface area contributed by atoms with Crippen LogP contribution in [0.1, 0.15) is 18.4 Å². The Hall–Kier alpha value is -1.22. The quantitative estimate of drug-likeness (QED) is 0.848. The summed E-state index contributed by atoms with van der Waals surface area (Å²) in [5, 5.41) is 3.33. The van der Waals surface area contributed by atoms with E-state index in [0.29, 0.717) is 6.10 Å². The van der Waals surface area contributed by atoms with Crippen LogP contribution in [0.3, 0.4) is 0 Å². The van der Waals surface area contributed by atoms with Crippen molar-refractivity contribution in [3.05, 3.63) is 23.8 Å². The number of benzene rings is 1. The highest BCUT2D eigenvalue weighted by atomic mass is 16.5. The number of ether oxygens (including phenoxy) is 2. The molecule has 1 heterocycles. The van der Waals surface area contributed by atoms with Gasteiger partial charge in [-0.25, -0.2) is 0 Å². The van der Waals surface area contributed by atoms with Crippen LogP contribution < -0.4 is 14.8 Å². The summed E-state index contributed by atoms with van der Waals surface area (Å²) in [6.07, 6.45) is 2.50. The number of rotatable bonds is 3. The molecule has 0 bridgehead atoms. The molecule has 1 aliphatic heterocycles. The van der Waals surface area contributed by atoms with E-state index in [1.807, 2.05) is 25.1 Å². The average Bonchev–Trinajstić information content (AvgIpc) is 2.33. The average molecular weight is 221 g/mol. The molecule has 0 atom stereocenters. The molecule has 1 N–H and O–H groups in total. The maximum Gasteiger partial charge on any atom is 0.125 e. The minimum Gasteiger partial charge on any atom is -0.496 e. The number of hydrogen-bond acceptors (Lipinski definition) is 3. The number of piperidine rings is 1. The van der Waals surface area contributed by atoms with E-state index in [1.165, 1.54) is 0 Å². The lowest BCUT2D eigenvalue weighted by molar-refractivity contribution is 0.162. The van der Waals surface area contributed by atoms with Gasteiger partial charge in [0.15, 0.2) is 0 Å². The van der Waals surface area contributed by atoms with Gasteiger partial charge >= 0.3 is 0 Å². The molecule has 2 rings (SSSR count). The van der Waals surface area contributed by atoms with E-state index in [0.717, 1.165) is 43.0 Å². The summed E-state index contributed by atoms with van der Waals surface area (Å²) in [4.78, 5) is 0. The summed E-state index contributed by atoms with van der Waals surface area (Å²) in [5.74, 6) is 1.81. The van der Waals surface area contributed by atoms with Crippen LogP contribution in [0, 0.1) is 6.92 Å². The molecule has 0 radical (unpaired) electrons. The summed E-state index contributed by atoms with van der Waals surface area (Å²) in [6.45, 7) is 4.13. The molecule has 88 valence electrons. The smallest absolute Gasteiger partial charge is 0.125 e. The molecule has 0 aromatic heterocycles. The molecule has 0 unspecified atom stereocenters. The molecule has 0 aliphatic carbocycles. The van der Waals surface area contributed by atoms with Gasteiger partial charge in [0.1, 0.15) is 17.6 Å². The van der Waals surface area contributed by atoms with Gasteiger partial charge in [0.05, 0.1) is 7.11 Å². The van der Waals surface area contributed by atoms with Gasteiger partial charge in [0.2, 0.25) is 0 Å². The SMILES string of the molecule is COc1cc(OC2CCNCC2)ccc1C. The molecule has 0 saturated carbocycles. The zero-order chi connectivity index (χ0) is 11.4. The molecular weight excluding hydrogens is 202 g/mol. The maximum absolute atomic E-state index is 5.93. The highest BCUT2D eigenvalue weighted by Gasteiger charge is 2.14. The standard InChI is InChI=1S/C13H19NO2/c1-10-3-4-12(9-13(10)15-2)16-11-5-7-14-8-6-11/h3-4,9,11,14H,5-8H2,1-2H3. The van der Waals surface area contributed by atoms with E-state index in [9.17, 15) is 0 Å². The normalized spacial score (nSPS) is 17.1. The second-order valence-corrected chi connectivity index (χ2v) is 4.20. The Balaban J connectivity index is 2.03. The van der Waals surface area contributed by atoms with Crippen LogP contribution >= 0.6 is 0 Å². The van der Waals surface area contributed by atoms with Crippen molar-refractivity contribution in [2.75, 3.05) is 20.2 Å². The van der Waals surface area contributed by atoms with Gasteiger partial charge in [-0.15, -0.1) is 0 Å². The largest absolute Gasteiger partial charge is 0.496 e. The lowest BCUT2D eigenvalue weighted by atomic mass is 10.1. The predicted octanol–water partition coefficient (Wildman–Crippen LogP) is 2.13. The Kier molecular flexibility index (Phi) is 3.67. The van der Waals surface area contributed by atoms with Crippen LogP contribution in [-0.4, -0.2) is 26.3 Å². The Morgan fingerprint density at radius 1 is 1.25 bits per heavy atom. The van der Waals surface area contributed by atoms with Gasteiger partial charge in [0.25, 0.3) is 0 Å². The van der Waals surface area contributed by atoms with E-state index in [-0.39, 0.29) is 0 Å². The fourth-order valence-electron chi connectivity index (χ4n) is 1.98. The van der Waals surface area contributed by atoms with Crippen molar-refractivity contribution in [2.24, 2.45) is 0 Å². The molecule has 16 heavy (non-hydrogen) atoms. The second kappa shape index (κ2) is 5.21. The maximum atomic E-state index is 5.93. The third-order valence-corrected chi connectivity index (χ3v) is 2.97. The zero-order valence-corrected chi connectivity index (χ0v) is 9.95. The van der Waals surface area contributed by atoms with Crippen LogP contribution in [0.2, 0.25) is 0 Å². The third-order valence-electron chi connectivity index (χ3n) is 2.97. The molecule has 1 fully saturated rings. The molecule has 0 amide bonds. The van der Waals surface area contributed by atoms with Gasteiger partial charge in [-0.05, 0) is 44.5 Å². The first-order chi connectivity index (χ1) is 7.79. The van der Waals surface area contributed by atoms with Crippen molar-refractivity contribution in [1.29, 1.82) is 0 Å². The van der Waals surface area contributed by atoms with Gasteiger partial charge in [-0.2, -0.15) is 0 Å². The first kappa shape index (κ1) is 11.3. The zero-order valence-electron chi connectivity index (χ0n) is 9.95. The summed E-state index contributed by atoms with van der Waals surface area (Å²) < 4.78 is 11.2. The number of nitrogens with one attached hydrogen (secondary N) is 1. The van der Waals surface area contributed by atoms with Gasteiger partial charge < -0.3 is 14.8 Å². The van der Waals surface area contributed by atoms with E-state index < -0.39 is 0 Å². The van der Waals surface area contributed by atoms with Crippen molar-refractivity contribution in [3.8, 4) is 11.5 Å². The highest BCUT2D eigenvalue weighted by Crippen LogP contribution is 2.25. The van der Waals surface area contributed by atoms with Crippen LogP contribution in [0.15, 0.2) is 18.2 Å². The number of hydrogen-bond donors (Lipinski definition) is 1. The van der Waals surface area contributed by atoms with Crippen molar-refractivity contribution < 1.29 is 9.47 Å². The summed E-state index contributed by atoms with van der Waals surface area (Å²) in [6, 6.07) is 6.02. The van der Waals surface area contributed by atoms with E-state index in [2.05, 4.69) is 5.32 Å². The summed E-state index contributed by atoms with van der Waals surface area (Å²) in [7, 11) is 1.69. The molecule has 1 aliphatic rings. The van der Waals surface area contributed by atoms with Crippen molar-refractivity contribution in [3.63, 3.8) is 0 Å². The summed E-state index contributed by atoms with van der Waals surface area (Å²) >= 11 is 0. The van der Waals surface area contributed by atoms with Gasteiger partial charge in [-0.1, -0.05) is 6.07 Å². The highest BCUT2D eigenvalue weighted by molar-refractivity contribution is 5.39. The topological polar surface area (TPSA) is 30.5 Å². The fraction of sp³-hybridized carbons (Fsp3) is 0.538. The molecule has 3 heteroatoms.